The van der Waals surface area contributed by atoms with Crippen LogP contribution in [0.4, 0.5) is 4.39 Å². The first-order chi connectivity index (χ1) is 13.9. The van der Waals surface area contributed by atoms with Crippen LogP contribution in [0.5, 0.6) is 0 Å². The van der Waals surface area contributed by atoms with Crippen molar-refractivity contribution in [2.45, 2.75) is 19.5 Å². The summed E-state index contributed by atoms with van der Waals surface area (Å²) in [5.74, 6) is -1.18. The minimum Gasteiger partial charge on any atom is -0.503 e. The zero-order chi connectivity index (χ0) is 20.5. The van der Waals surface area contributed by atoms with Crippen LogP contribution >= 0.6 is 11.6 Å². The Labute approximate surface area is 173 Å². The number of benzene rings is 3. The fraction of sp³-hybridized carbons (Fsp3) is 0.125. The topological polar surface area (TPSA) is 40.5 Å². The Balaban J connectivity index is 1.81. The second-order valence-electron chi connectivity index (χ2n) is 7.15. The van der Waals surface area contributed by atoms with Gasteiger partial charge in [-0.3, -0.25) is 4.79 Å². The minimum atomic E-state index is -0.600. The molecule has 0 aliphatic carbocycles. The van der Waals surface area contributed by atoms with Gasteiger partial charge in [-0.05, 0) is 47.9 Å². The number of hydrogen-bond acceptors (Lipinski definition) is 2. The fourth-order valence-electron chi connectivity index (χ4n) is 3.65. The SMILES string of the molecule is Cc1ccc(C2=C(O)C(=O)N(Cc3ccc(Cl)cc3)C2c2cccc(F)c2)cc1. The highest BCUT2D eigenvalue weighted by atomic mass is 35.5. The predicted molar refractivity (Wildman–Crippen MR) is 112 cm³/mol. The molecule has 1 aliphatic rings. The van der Waals surface area contributed by atoms with E-state index in [1.54, 1.807) is 29.2 Å². The quantitative estimate of drug-likeness (QED) is 0.590. The maximum atomic E-state index is 14.0. The Morgan fingerprint density at radius 3 is 2.38 bits per heavy atom. The van der Waals surface area contributed by atoms with Crippen molar-refractivity contribution < 1.29 is 14.3 Å². The molecule has 5 heteroatoms. The fourth-order valence-corrected chi connectivity index (χ4v) is 3.78. The summed E-state index contributed by atoms with van der Waals surface area (Å²) >= 11 is 5.97. The molecule has 1 unspecified atom stereocenters. The van der Waals surface area contributed by atoms with Gasteiger partial charge in [0.2, 0.25) is 0 Å². The number of aliphatic hydroxyl groups excluding tert-OH is 1. The average Bonchev–Trinajstić information content (AvgIpc) is 2.95. The number of carbonyl (C=O) groups is 1. The standard InChI is InChI=1S/C24H19ClFNO2/c1-15-5-9-17(10-6-15)21-22(18-3-2-4-20(26)13-18)27(24(29)23(21)28)14-16-7-11-19(25)12-8-16/h2-13,22,28H,14H2,1H3. The number of aryl methyl sites for hydroxylation is 1. The van der Waals surface area contributed by atoms with E-state index in [1.807, 2.05) is 43.3 Å². The molecule has 29 heavy (non-hydrogen) atoms. The Morgan fingerprint density at radius 1 is 1.03 bits per heavy atom. The van der Waals surface area contributed by atoms with E-state index < -0.39 is 17.8 Å². The summed E-state index contributed by atoms with van der Waals surface area (Å²) in [5.41, 5.74) is 3.75. The van der Waals surface area contributed by atoms with Crippen LogP contribution in [0.1, 0.15) is 28.3 Å². The summed E-state index contributed by atoms with van der Waals surface area (Å²) in [7, 11) is 0. The molecule has 0 radical (unpaired) electrons. The first kappa shape index (κ1) is 19.2. The van der Waals surface area contributed by atoms with Crippen LogP contribution in [-0.4, -0.2) is 15.9 Å². The lowest BCUT2D eigenvalue weighted by atomic mass is 9.93. The molecule has 1 aliphatic heterocycles. The summed E-state index contributed by atoms with van der Waals surface area (Å²) in [6.07, 6.45) is 0. The molecule has 3 aromatic rings. The van der Waals surface area contributed by atoms with E-state index in [9.17, 15) is 14.3 Å². The van der Waals surface area contributed by atoms with Crippen molar-refractivity contribution in [1.82, 2.24) is 4.90 Å². The second-order valence-corrected chi connectivity index (χ2v) is 7.58. The average molecular weight is 408 g/mol. The molecule has 0 spiro atoms. The molecule has 0 bridgehead atoms. The molecular weight excluding hydrogens is 389 g/mol. The van der Waals surface area contributed by atoms with Gasteiger partial charge >= 0.3 is 0 Å². The number of carbonyl (C=O) groups excluding carboxylic acids is 1. The number of aliphatic hydroxyl groups is 1. The highest BCUT2D eigenvalue weighted by Crippen LogP contribution is 2.43. The van der Waals surface area contributed by atoms with E-state index in [4.69, 9.17) is 11.6 Å². The molecule has 0 saturated carbocycles. The van der Waals surface area contributed by atoms with Crippen LogP contribution in [0.3, 0.4) is 0 Å². The lowest BCUT2D eigenvalue weighted by Gasteiger charge is -2.27. The molecular formula is C24H19ClFNO2. The minimum absolute atomic E-state index is 0.261. The lowest BCUT2D eigenvalue weighted by Crippen LogP contribution is -2.29. The van der Waals surface area contributed by atoms with E-state index in [0.29, 0.717) is 16.2 Å². The van der Waals surface area contributed by atoms with Crippen LogP contribution in [0, 0.1) is 12.7 Å². The number of hydrogen-bond donors (Lipinski definition) is 1. The van der Waals surface area contributed by atoms with E-state index in [1.165, 1.54) is 12.1 Å². The largest absolute Gasteiger partial charge is 0.503 e. The van der Waals surface area contributed by atoms with Gasteiger partial charge in [-0.15, -0.1) is 0 Å². The highest BCUT2D eigenvalue weighted by molar-refractivity contribution is 6.30. The molecule has 3 aromatic carbocycles. The van der Waals surface area contributed by atoms with E-state index in [-0.39, 0.29) is 12.3 Å². The molecule has 1 amide bonds. The maximum Gasteiger partial charge on any atom is 0.290 e. The van der Waals surface area contributed by atoms with Gasteiger partial charge < -0.3 is 10.0 Å². The van der Waals surface area contributed by atoms with Crippen molar-refractivity contribution in [2.75, 3.05) is 0 Å². The van der Waals surface area contributed by atoms with Gasteiger partial charge in [0.1, 0.15) is 5.82 Å². The first-order valence-electron chi connectivity index (χ1n) is 9.25. The van der Waals surface area contributed by atoms with E-state index >= 15 is 0 Å². The third kappa shape index (κ3) is 3.76. The Hall–Kier alpha value is -3.11. The molecule has 1 N–H and O–H groups in total. The van der Waals surface area contributed by atoms with Gasteiger partial charge in [0, 0.05) is 17.1 Å². The van der Waals surface area contributed by atoms with Crippen LogP contribution in [0.25, 0.3) is 5.57 Å². The van der Waals surface area contributed by atoms with Crippen molar-refractivity contribution in [3.8, 4) is 0 Å². The van der Waals surface area contributed by atoms with Gasteiger partial charge in [0.15, 0.2) is 5.76 Å². The number of nitrogens with zero attached hydrogens (tertiary/aromatic N) is 1. The van der Waals surface area contributed by atoms with Crippen molar-refractivity contribution in [1.29, 1.82) is 0 Å². The molecule has 0 aromatic heterocycles. The van der Waals surface area contributed by atoms with Crippen LogP contribution in [0.15, 0.2) is 78.6 Å². The van der Waals surface area contributed by atoms with Gasteiger partial charge in [-0.25, -0.2) is 4.39 Å². The van der Waals surface area contributed by atoms with Crippen molar-refractivity contribution in [3.05, 3.63) is 112 Å². The smallest absolute Gasteiger partial charge is 0.290 e. The number of rotatable bonds is 4. The summed E-state index contributed by atoms with van der Waals surface area (Å²) < 4.78 is 14.0. The molecule has 0 saturated heterocycles. The Bertz CT molecular complexity index is 1090. The van der Waals surface area contributed by atoms with E-state index in [2.05, 4.69) is 0 Å². The monoisotopic (exact) mass is 407 g/mol. The zero-order valence-corrected chi connectivity index (χ0v) is 16.5. The molecule has 1 heterocycles. The molecule has 3 nitrogen and oxygen atoms in total. The lowest BCUT2D eigenvalue weighted by molar-refractivity contribution is -0.130. The first-order valence-corrected chi connectivity index (χ1v) is 9.63. The zero-order valence-electron chi connectivity index (χ0n) is 15.8. The van der Waals surface area contributed by atoms with Crippen molar-refractivity contribution in [2.24, 2.45) is 0 Å². The number of amides is 1. The van der Waals surface area contributed by atoms with Gasteiger partial charge in [-0.1, -0.05) is 65.7 Å². The highest BCUT2D eigenvalue weighted by Gasteiger charge is 2.41. The van der Waals surface area contributed by atoms with Crippen LogP contribution in [0.2, 0.25) is 5.02 Å². The molecule has 4 rings (SSSR count). The molecule has 1 atom stereocenters. The molecule has 0 fully saturated rings. The molecule has 146 valence electrons. The Morgan fingerprint density at radius 2 is 1.72 bits per heavy atom. The van der Waals surface area contributed by atoms with Gasteiger partial charge in [-0.2, -0.15) is 0 Å². The van der Waals surface area contributed by atoms with Gasteiger partial charge in [0.05, 0.1) is 6.04 Å². The maximum absolute atomic E-state index is 14.0. The van der Waals surface area contributed by atoms with Crippen LogP contribution in [-0.2, 0) is 11.3 Å². The third-order valence-electron chi connectivity index (χ3n) is 5.10. The summed E-state index contributed by atoms with van der Waals surface area (Å²) in [4.78, 5) is 14.6. The van der Waals surface area contributed by atoms with Crippen molar-refractivity contribution >= 4 is 23.1 Å². The van der Waals surface area contributed by atoms with Crippen LogP contribution < -0.4 is 0 Å². The summed E-state index contributed by atoms with van der Waals surface area (Å²) in [6, 6.07) is 20.3. The number of halogens is 2. The third-order valence-corrected chi connectivity index (χ3v) is 5.35. The van der Waals surface area contributed by atoms with Gasteiger partial charge in [0.25, 0.3) is 5.91 Å². The Kier molecular flexibility index (Phi) is 5.12. The predicted octanol–water partition coefficient (Wildman–Crippen LogP) is 5.84. The normalized spacial score (nSPS) is 16.6. The van der Waals surface area contributed by atoms with Crippen molar-refractivity contribution in [3.63, 3.8) is 0 Å². The van der Waals surface area contributed by atoms with E-state index in [0.717, 1.165) is 16.7 Å². The summed E-state index contributed by atoms with van der Waals surface area (Å²) in [5, 5.41) is 11.3. The summed E-state index contributed by atoms with van der Waals surface area (Å²) in [6.45, 7) is 2.23. The second kappa shape index (κ2) is 7.72.